The fraction of sp³-hybridized carbons (Fsp3) is 0.136. The Morgan fingerprint density at radius 2 is 2.06 bits per heavy atom. The highest BCUT2D eigenvalue weighted by Gasteiger charge is 2.29. The Labute approximate surface area is 186 Å². The highest BCUT2D eigenvalue weighted by atomic mass is 79.9. The number of methoxy groups -OCH3 is 1. The number of carbonyl (C=O) groups excluding carboxylic acids is 1. The second-order valence-corrected chi connectivity index (χ2v) is 7.76. The van der Waals surface area contributed by atoms with Crippen molar-refractivity contribution in [3.8, 4) is 17.3 Å². The predicted octanol–water partition coefficient (Wildman–Crippen LogP) is 3.81. The first kappa shape index (κ1) is 19.4. The van der Waals surface area contributed by atoms with Crippen LogP contribution in [0.2, 0.25) is 0 Å². The number of amides is 1. The van der Waals surface area contributed by atoms with Crippen molar-refractivity contribution >= 4 is 44.2 Å². The van der Waals surface area contributed by atoms with Crippen molar-refractivity contribution in [2.75, 3.05) is 30.9 Å². The fourth-order valence-corrected chi connectivity index (χ4v) is 4.38. The maximum atomic E-state index is 13.2. The lowest BCUT2D eigenvalue weighted by Gasteiger charge is -2.20. The van der Waals surface area contributed by atoms with Crippen LogP contribution in [0.4, 0.5) is 11.5 Å². The Balaban J connectivity index is 1.56. The van der Waals surface area contributed by atoms with Crippen molar-refractivity contribution in [2.45, 2.75) is 0 Å². The van der Waals surface area contributed by atoms with Gasteiger partial charge in [-0.15, -0.1) is 0 Å². The summed E-state index contributed by atoms with van der Waals surface area (Å²) < 4.78 is 14.0. The number of aromatic nitrogens is 3. The molecule has 2 aromatic heterocycles. The number of anilines is 2. The average molecular weight is 480 g/mol. The molecule has 9 heteroatoms. The molecule has 0 unspecified atom stereocenters. The van der Waals surface area contributed by atoms with Crippen molar-refractivity contribution in [2.24, 2.45) is 0 Å². The van der Waals surface area contributed by atoms with Gasteiger partial charge in [-0.1, -0.05) is 6.07 Å². The van der Waals surface area contributed by atoms with Crippen LogP contribution in [0.25, 0.3) is 16.6 Å². The van der Waals surface area contributed by atoms with Gasteiger partial charge in [0, 0.05) is 17.3 Å². The van der Waals surface area contributed by atoms with Crippen molar-refractivity contribution < 1.29 is 14.3 Å². The minimum absolute atomic E-state index is 0.108. The monoisotopic (exact) mass is 479 g/mol. The SMILES string of the molecule is COc1cccc(-n2ccc3cc(N4CCOc5ncnc(N)c5C4=O)ccc32)c1Br. The third-order valence-corrected chi connectivity index (χ3v) is 6.06. The Kier molecular flexibility index (Phi) is 4.74. The fourth-order valence-electron chi connectivity index (χ4n) is 3.76. The number of rotatable bonds is 3. The predicted molar refractivity (Wildman–Crippen MR) is 121 cm³/mol. The van der Waals surface area contributed by atoms with Crippen molar-refractivity contribution in [3.63, 3.8) is 0 Å². The first-order valence-corrected chi connectivity index (χ1v) is 10.4. The number of nitrogens with two attached hydrogens (primary N) is 1. The van der Waals surface area contributed by atoms with Gasteiger partial charge in [-0.3, -0.25) is 4.79 Å². The van der Waals surface area contributed by atoms with Crippen LogP contribution in [0.1, 0.15) is 10.4 Å². The maximum absolute atomic E-state index is 13.2. The number of nitrogen functional groups attached to an aromatic ring is 1. The molecule has 2 aromatic carbocycles. The standard InChI is InChI=1S/C22H18BrN5O3/c1-30-17-4-2-3-16(19(17)23)28-8-7-13-11-14(5-6-15(13)28)27-9-10-31-21-18(22(27)29)20(24)25-12-26-21/h2-8,11-12H,9-10H2,1H3,(H2,24,25,26). The molecule has 0 atom stereocenters. The second kappa shape index (κ2) is 7.59. The second-order valence-electron chi connectivity index (χ2n) is 6.97. The van der Waals surface area contributed by atoms with E-state index >= 15 is 0 Å². The molecule has 4 aromatic rings. The van der Waals surface area contributed by atoms with Gasteiger partial charge >= 0.3 is 0 Å². The summed E-state index contributed by atoms with van der Waals surface area (Å²) >= 11 is 3.63. The van der Waals surface area contributed by atoms with E-state index < -0.39 is 0 Å². The molecule has 156 valence electrons. The third-order valence-electron chi connectivity index (χ3n) is 5.26. The summed E-state index contributed by atoms with van der Waals surface area (Å²) in [5.74, 6) is 0.802. The van der Waals surface area contributed by atoms with Crippen LogP contribution in [-0.4, -0.2) is 40.7 Å². The van der Waals surface area contributed by atoms with Crippen LogP contribution < -0.4 is 20.1 Å². The van der Waals surface area contributed by atoms with Crippen LogP contribution in [-0.2, 0) is 0 Å². The van der Waals surface area contributed by atoms with E-state index in [0.29, 0.717) is 13.2 Å². The molecule has 2 N–H and O–H groups in total. The molecule has 5 rings (SSSR count). The van der Waals surface area contributed by atoms with Crippen molar-refractivity contribution in [1.29, 1.82) is 0 Å². The van der Waals surface area contributed by atoms with E-state index in [-0.39, 0.29) is 23.2 Å². The minimum Gasteiger partial charge on any atom is -0.495 e. The lowest BCUT2D eigenvalue weighted by molar-refractivity contribution is 0.0990. The first-order chi connectivity index (χ1) is 15.1. The van der Waals surface area contributed by atoms with Gasteiger partial charge in [0.05, 0.1) is 29.3 Å². The number of ether oxygens (including phenoxy) is 2. The quantitative estimate of drug-likeness (QED) is 0.479. The Hall–Kier alpha value is -3.59. The molecule has 1 amide bonds. The normalized spacial score (nSPS) is 13.6. The topological polar surface area (TPSA) is 95.5 Å². The zero-order valence-electron chi connectivity index (χ0n) is 16.6. The first-order valence-electron chi connectivity index (χ1n) is 9.57. The molecule has 0 radical (unpaired) electrons. The smallest absolute Gasteiger partial charge is 0.267 e. The van der Waals surface area contributed by atoms with Gasteiger partial charge < -0.3 is 24.7 Å². The zero-order valence-corrected chi connectivity index (χ0v) is 18.2. The maximum Gasteiger partial charge on any atom is 0.267 e. The van der Waals surface area contributed by atoms with E-state index in [0.717, 1.165) is 32.5 Å². The molecule has 1 aliphatic rings. The number of benzene rings is 2. The number of halogens is 1. The summed E-state index contributed by atoms with van der Waals surface area (Å²) in [5.41, 5.74) is 8.84. The Morgan fingerprint density at radius 3 is 2.90 bits per heavy atom. The molecule has 0 aliphatic carbocycles. The minimum atomic E-state index is -0.278. The van der Waals surface area contributed by atoms with Crippen LogP contribution in [0, 0.1) is 0 Å². The van der Waals surface area contributed by atoms with E-state index in [9.17, 15) is 4.79 Å². The van der Waals surface area contributed by atoms with E-state index in [1.54, 1.807) is 12.0 Å². The Bertz CT molecular complexity index is 1320. The molecule has 0 spiro atoms. The van der Waals surface area contributed by atoms with Crippen LogP contribution >= 0.6 is 15.9 Å². The zero-order chi connectivity index (χ0) is 21.5. The van der Waals surface area contributed by atoms with Crippen LogP contribution in [0.5, 0.6) is 11.6 Å². The molecule has 0 saturated heterocycles. The molecular weight excluding hydrogens is 462 g/mol. The summed E-state index contributed by atoms with van der Waals surface area (Å²) in [7, 11) is 1.64. The molecule has 0 bridgehead atoms. The molecule has 0 saturated carbocycles. The third kappa shape index (κ3) is 3.17. The number of hydrogen-bond donors (Lipinski definition) is 1. The largest absolute Gasteiger partial charge is 0.495 e. The average Bonchev–Trinajstić information content (AvgIpc) is 3.11. The number of nitrogens with zero attached hydrogens (tertiary/aromatic N) is 4. The van der Waals surface area contributed by atoms with Crippen molar-refractivity contribution in [3.05, 3.63) is 65.0 Å². The van der Waals surface area contributed by atoms with Gasteiger partial charge in [0.2, 0.25) is 5.88 Å². The molecule has 3 heterocycles. The molecule has 0 fully saturated rings. The van der Waals surface area contributed by atoms with Gasteiger partial charge in [-0.25, -0.2) is 9.97 Å². The summed E-state index contributed by atoms with van der Waals surface area (Å²) in [4.78, 5) is 22.8. The van der Waals surface area contributed by atoms with Gasteiger partial charge in [0.25, 0.3) is 5.91 Å². The molecule has 1 aliphatic heterocycles. The number of carbonyl (C=O) groups is 1. The van der Waals surface area contributed by atoms with E-state index in [4.69, 9.17) is 15.2 Å². The van der Waals surface area contributed by atoms with Gasteiger partial charge in [0.15, 0.2) is 0 Å². The lowest BCUT2D eigenvalue weighted by Crippen LogP contribution is -2.32. The summed E-state index contributed by atoms with van der Waals surface area (Å²) in [6.45, 7) is 0.688. The van der Waals surface area contributed by atoms with Gasteiger partial charge in [0.1, 0.15) is 30.1 Å². The van der Waals surface area contributed by atoms with Gasteiger partial charge in [-0.2, -0.15) is 0 Å². The molecule has 8 nitrogen and oxygen atoms in total. The Morgan fingerprint density at radius 1 is 1.19 bits per heavy atom. The van der Waals surface area contributed by atoms with Gasteiger partial charge in [-0.05, 0) is 52.3 Å². The highest BCUT2D eigenvalue weighted by molar-refractivity contribution is 9.10. The van der Waals surface area contributed by atoms with Crippen LogP contribution in [0.3, 0.4) is 0 Å². The molecule has 31 heavy (non-hydrogen) atoms. The number of hydrogen-bond acceptors (Lipinski definition) is 6. The van der Waals surface area contributed by atoms with E-state index in [1.165, 1.54) is 6.33 Å². The highest BCUT2D eigenvalue weighted by Crippen LogP contribution is 2.35. The summed E-state index contributed by atoms with van der Waals surface area (Å²) in [5, 5.41) is 0.989. The summed E-state index contributed by atoms with van der Waals surface area (Å²) in [6.07, 6.45) is 3.28. The van der Waals surface area contributed by atoms with Crippen molar-refractivity contribution in [1.82, 2.24) is 14.5 Å². The summed E-state index contributed by atoms with van der Waals surface area (Å²) in [6, 6.07) is 13.7. The number of fused-ring (bicyclic) bond motifs is 2. The van der Waals surface area contributed by atoms with Crippen LogP contribution in [0.15, 0.2) is 59.5 Å². The lowest BCUT2D eigenvalue weighted by atomic mass is 10.2. The van der Waals surface area contributed by atoms with E-state index in [2.05, 4.69) is 30.5 Å². The van der Waals surface area contributed by atoms with E-state index in [1.807, 2.05) is 48.7 Å². The molecular formula is C22H18BrN5O3.